The number of hydrogen-bond donors (Lipinski definition) is 2. The first-order valence-electron chi connectivity index (χ1n) is 7.22. The molecule has 108 valence electrons. The lowest BCUT2D eigenvalue weighted by molar-refractivity contribution is -0.122. The molecule has 1 heterocycles. The van der Waals surface area contributed by atoms with E-state index < -0.39 is 0 Å². The van der Waals surface area contributed by atoms with Crippen molar-refractivity contribution >= 4 is 11.6 Å². The number of anilines is 1. The number of benzene rings is 1. The normalized spacial score (nSPS) is 22.8. The predicted octanol–water partition coefficient (Wildman–Crippen LogP) is 1.40. The van der Waals surface area contributed by atoms with Gasteiger partial charge in [0.15, 0.2) is 0 Å². The molecule has 1 aromatic rings. The van der Waals surface area contributed by atoms with E-state index in [1.807, 2.05) is 17.9 Å². The molecule has 0 spiro atoms. The van der Waals surface area contributed by atoms with Crippen molar-refractivity contribution in [1.29, 1.82) is 0 Å². The van der Waals surface area contributed by atoms with Crippen LogP contribution in [-0.2, 0) is 11.3 Å². The van der Waals surface area contributed by atoms with Crippen molar-refractivity contribution in [2.75, 3.05) is 18.0 Å². The van der Waals surface area contributed by atoms with E-state index in [0.717, 1.165) is 5.69 Å². The van der Waals surface area contributed by atoms with Gasteiger partial charge in [0.1, 0.15) is 11.9 Å². The highest BCUT2D eigenvalue weighted by Gasteiger charge is 2.28. The van der Waals surface area contributed by atoms with Crippen LogP contribution in [0.15, 0.2) is 18.2 Å². The number of piperazine rings is 1. The molecular weight excluding hydrogens is 257 g/mol. The number of carbonyl (C=O) groups excluding carboxylic acids is 1. The van der Waals surface area contributed by atoms with Gasteiger partial charge >= 0.3 is 0 Å². The van der Waals surface area contributed by atoms with Gasteiger partial charge in [-0.3, -0.25) is 4.79 Å². The van der Waals surface area contributed by atoms with E-state index in [-0.39, 0.29) is 17.8 Å². The highest BCUT2D eigenvalue weighted by Crippen LogP contribution is 2.27. The largest absolute Gasteiger partial charge is 0.358 e. The maximum atomic E-state index is 14.1. The quantitative estimate of drug-likeness (QED) is 0.874. The van der Waals surface area contributed by atoms with E-state index in [0.29, 0.717) is 31.2 Å². The number of hydrogen-bond acceptors (Lipinski definition) is 3. The number of rotatable bonds is 4. The second kappa shape index (κ2) is 5.40. The van der Waals surface area contributed by atoms with Crippen LogP contribution >= 0.6 is 0 Å². The monoisotopic (exact) mass is 277 g/mol. The van der Waals surface area contributed by atoms with E-state index in [4.69, 9.17) is 0 Å². The molecule has 1 aromatic carbocycles. The Balaban J connectivity index is 1.86. The Kier molecular flexibility index (Phi) is 3.61. The lowest BCUT2D eigenvalue weighted by Gasteiger charge is -2.36. The second-order valence-electron chi connectivity index (χ2n) is 5.55. The molecule has 1 amide bonds. The van der Waals surface area contributed by atoms with Crippen LogP contribution in [0, 0.1) is 5.82 Å². The molecule has 1 saturated heterocycles. The van der Waals surface area contributed by atoms with Crippen LogP contribution in [0.5, 0.6) is 0 Å². The van der Waals surface area contributed by atoms with E-state index in [1.165, 1.54) is 18.9 Å². The third-order valence-electron chi connectivity index (χ3n) is 4.05. The summed E-state index contributed by atoms with van der Waals surface area (Å²) < 4.78 is 14.1. The fraction of sp³-hybridized carbons (Fsp3) is 0.533. The fourth-order valence-electron chi connectivity index (χ4n) is 2.64. The molecular formula is C15H20FN3O. The summed E-state index contributed by atoms with van der Waals surface area (Å²) >= 11 is 0. The predicted molar refractivity (Wildman–Crippen MR) is 76.1 cm³/mol. The topological polar surface area (TPSA) is 44.4 Å². The summed E-state index contributed by atoms with van der Waals surface area (Å²) in [6.45, 7) is 3.71. The first-order valence-corrected chi connectivity index (χ1v) is 7.22. The van der Waals surface area contributed by atoms with Gasteiger partial charge in [0.05, 0.1) is 0 Å². The Bertz CT molecular complexity index is 516. The van der Waals surface area contributed by atoms with Crippen LogP contribution in [-0.4, -0.2) is 31.1 Å². The standard InChI is InChI=1S/C15H20FN3O/c1-10-15(20)17-7-8-19(10)14-4-2-3-13(16)12(14)9-18-11-5-6-11/h2-4,10-11,18H,5-9H2,1H3,(H,17,20). The zero-order chi connectivity index (χ0) is 14.1. The lowest BCUT2D eigenvalue weighted by Crippen LogP contribution is -2.54. The van der Waals surface area contributed by atoms with Crippen molar-refractivity contribution < 1.29 is 9.18 Å². The maximum Gasteiger partial charge on any atom is 0.242 e. The third kappa shape index (κ3) is 2.63. The minimum Gasteiger partial charge on any atom is -0.358 e. The Morgan fingerprint density at radius 1 is 1.45 bits per heavy atom. The van der Waals surface area contributed by atoms with Gasteiger partial charge in [-0.1, -0.05) is 6.07 Å². The van der Waals surface area contributed by atoms with Crippen molar-refractivity contribution in [2.24, 2.45) is 0 Å². The van der Waals surface area contributed by atoms with Gasteiger partial charge in [0.25, 0.3) is 0 Å². The average molecular weight is 277 g/mol. The fourth-order valence-corrected chi connectivity index (χ4v) is 2.64. The van der Waals surface area contributed by atoms with Gasteiger partial charge in [-0.15, -0.1) is 0 Å². The number of carbonyl (C=O) groups is 1. The molecule has 0 radical (unpaired) electrons. The molecule has 20 heavy (non-hydrogen) atoms. The summed E-state index contributed by atoms with van der Waals surface area (Å²) in [5.74, 6) is -0.199. The molecule has 2 aliphatic rings. The van der Waals surface area contributed by atoms with E-state index in [1.54, 1.807) is 6.07 Å². The maximum absolute atomic E-state index is 14.1. The molecule has 5 heteroatoms. The minimum atomic E-state index is -0.259. The van der Waals surface area contributed by atoms with Crippen molar-refractivity contribution in [1.82, 2.24) is 10.6 Å². The third-order valence-corrected chi connectivity index (χ3v) is 4.05. The Hall–Kier alpha value is -1.62. The summed E-state index contributed by atoms with van der Waals surface area (Å²) in [7, 11) is 0. The van der Waals surface area contributed by atoms with Crippen LogP contribution in [0.25, 0.3) is 0 Å². The van der Waals surface area contributed by atoms with E-state index >= 15 is 0 Å². The Labute approximate surface area is 118 Å². The second-order valence-corrected chi connectivity index (χ2v) is 5.55. The van der Waals surface area contributed by atoms with Crippen molar-refractivity contribution in [3.8, 4) is 0 Å². The SMILES string of the molecule is CC1C(=O)NCCN1c1cccc(F)c1CNC1CC1. The van der Waals surface area contributed by atoms with E-state index in [2.05, 4.69) is 10.6 Å². The van der Waals surface area contributed by atoms with Gasteiger partial charge in [-0.05, 0) is 31.9 Å². The van der Waals surface area contributed by atoms with Crippen LogP contribution in [0.3, 0.4) is 0 Å². The summed E-state index contributed by atoms with van der Waals surface area (Å²) in [6.07, 6.45) is 2.35. The summed E-state index contributed by atoms with van der Waals surface area (Å²) in [6, 6.07) is 5.38. The molecule has 1 atom stereocenters. The first-order chi connectivity index (χ1) is 9.66. The van der Waals surface area contributed by atoms with Gasteiger partial charge in [0.2, 0.25) is 5.91 Å². The van der Waals surface area contributed by atoms with Crippen LogP contribution in [0.1, 0.15) is 25.3 Å². The van der Waals surface area contributed by atoms with Crippen LogP contribution < -0.4 is 15.5 Å². The molecule has 1 saturated carbocycles. The molecule has 0 bridgehead atoms. The Morgan fingerprint density at radius 2 is 2.25 bits per heavy atom. The van der Waals surface area contributed by atoms with Crippen molar-refractivity contribution in [3.05, 3.63) is 29.6 Å². The molecule has 0 aromatic heterocycles. The zero-order valence-corrected chi connectivity index (χ0v) is 11.7. The van der Waals surface area contributed by atoms with Gasteiger partial charge in [-0.2, -0.15) is 0 Å². The number of amides is 1. The molecule has 1 unspecified atom stereocenters. The highest BCUT2D eigenvalue weighted by molar-refractivity contribution is 5.86. The van der Waals surface area contributed by atoms with Gasteiger partial charge in [0, 0.05) is 36.9 Å². The van der Waals surface area contributed by atoms with Gasteiger partial charge in [-0.25, -0.2) is 4.39 Å². The smallest absolute Gasteiger partial charge is 0.242 e. The lowest BCUT2D eigenvalue weighted by atomic mass is 10.1. The van der Waals surface area contributed by atoms with Crippen LogP contribution in [0.2, 0.25) is 0 Å². The summed E-state index contributed by atoms with van der Waals surface area (Å²) in [5, 5.41) is 6.19. The molecule has 1 aliphatic heterocycles. The highest BCUT2D eigenvalue weighted by atomic mass is 19.1. The number of halogens is 1. The molecule has 1 aliphatic carbocycles. The van der Waals surface area contributed by atoms with Crippen molar-refractivity contribution in [2.45, 2.75) is 38.4 Å². The summed E-state index contributed by atoms with van der Waals surface area (Å²) in [5.41, 5.74) is 1.50. The minimum absolute atomic E-state index is 0.00149. The molecule has 3 rings (SSSR count). The molecule has 2 fully saturated rings. The average Bonchev–Trinajstić information content (AvgIpc) is 3.25. The zero-order valence-electron chi connectivity index (χ0n) is 11.7. The first kappa shape index (κ1) is 13.4. The van der Waals surface area contributed by atoms with Crippen LogP contribution in [0.4, 0.5) is 10.1 Å². The van der Waals surface area contributed by atoms with Crippen molar-refractivity contribution in [3.63, 3.8) is 0 Å². The van der Waals surface area contributed by atoms with E-state index in [9.17, 15) is 9.18 Å². The number of nitrogens with zero attached hydrogens (tertiary/aromatic N) is 1. The molecule has 2 N–H and O–H groups in total. The Morgan fingerprint density at radius 3 is 3.00 bits per heavy atom. The number of nitrogens with one attached hydrogen (secondary N) is 2. The molecule has 4 nitrogen and oxygen atoms in total. The van der Waals surface area contributed by atoms with Gasteiger partial charge < -0.3 is 15.5 Å². The summed E-state index contributed by atoms with van der Waals surface area (Å²) in [4.78, 5) is 13.8.